The number of amides is 2. The van der Waals surface area contributed by atoms with E-state index in [4.69, 9.17) is 4.74 Å². The van der Waals surface area contributed by atoms with E-state index in [2.05, 4.69) is 15.5 Å². The maximum absolute atomic E-state index is 12.3. The van der Waals surface area contributed by atoms with Crippen molar-refractivity contribution in [3.8, 4) is 5.75 Å². The number of likely N-dealkylation sites (tertiary alicyclic amines) is 1. The van der Waals surface area contributed by atoms with Crippen molar-refractivity contribution in [2.24, 2.45) is 0 Å². The van der Waals surface area contributed by atoms with Crippen LogP contribution in [0, 0.1) is 0 Å². The Morgan fingerprint density at radius 3 is 2.87 bits per heavy atom. The van der Waals surface area contributed by atoms with Crippen molar-refractivity contribution in [2.75, 3.05) is 19.4 Å². The van der Waals surface area contributed by atoms with Crippen LogP contribution >= 0.6 is 11.8 Å². The molecule has 0 unspecified atom stereocenters. The van der Waals surface area contributed by atoms with E-state index in [1.54, 1.807) is 7.11 Å². The average molecular weight is 432 g/mol. The van der Waals surface area contributed by atoms with E-state index in [9.17, 15) is 9.59 Å². The first-order valence-corrected chi connectivity index (χ1v) is 11.3. The van der Waals surface area contributed by atoms with Crippen LogP contribution in [0.3, 0.4) is 0 Å². The molecule has 1 aliphatic heterocycles. The van der Waals surface area contributed by atoms with E-state index < -0.39 is 0 Å². The lowest BCUT2D eigenvalue weighted by molar-refractivity contribution is -0.131. The molecule has 1 saturated heterocycles. The van der Waals surface area contributed by atoms with Gasteiger partial charge in [0.2, 0.25) is 11.8 Å². The van der Waals surface area contributed by atoms with Gasteiger partial charge in [-0.15, -0.1) is 10.2 Å². The second-order valence-corrected chi connectivity index (χ2v) is 8.09. The van der Waals surface area contributed by atoms with E-state index in [1.807, 2.05) is 40.7 Å². The van der Waals surface area contributed by atoms with Crippen LogP contribution in [0.15, 0.2) is 29.4 Å². The van der Waals surface area contributed by atoms with Gasteiger partial charge in [0.25, 0.3) is 0 Å². The molecule has 1 aromatic carbocycles. The topological polar surface area (TPSA) is 89.4 Å². The summed E-state index contributed by atoms with van der Waals surface area (Å²) in [6.07, 6.45) is 3.68. The van der Waals surface area contributed by atoms with Crippen LogP contribution < -0.4 is 10.1 Å². The number of carbonyl (C=O) groups excluding carboxylic acids is 2. The predicted molar refractivity (Wildman–Crippen MR) is 115 cm³/mol. The van der Waals surface area contributed by atoms with Crippen LogP contribution in [0.1, 0.15) is 44.0 Å². The molecule has 0 bridgehead atoms. The Balaban J connectivity index is 1.55. The maximum Gasteiger partial charge on any atom is 0.230 e. The average Bonchev–Trinajstić information content (AvgIpc) is 3.04. The molecule has 0 atom stereocenters. The van der Waals surface area contributed by atoms with Gasteiger partial charge in [0, 0.05) is 31.6 Å². The van der Waals surface area contributed by atoms with E-state index in [0.29, 0.717) is 31.2 Å². The summed E-state index contributed by atoms with van der Waals surface area (Å²) in [6.45, 7) is 4.36. The van der Waals surface area contributed by atoms with E-state index in [-0.39, 0.29) is 17.6 Å². The lowest BCUT2D eigenvalue weighted by Gasteiger charge is -2.20. The van der Waals surface area contributed by atoms with Crippen molar-refractivity contribution in [1.29, 1.82) is 0 Å². The molecule has 1 N–H and O–H groups in total. The van der Waals surface area contributed by atoms with Gasteiger partial charge in [-0.3, -0.25) is 9.59 Å². The zero-order valence-corrected chi connectivity index (χ0v) is 18.4. The highest BCUT2D eigenvalue weighted by molar-refractivity contribution is 7.99. The van der Waals surface area contributed by atoms with Crippen LogP contribution in [0.25, 0.3) is 0 Å². The molecule has 8 nitrogen and oxygen atoms in total. The smallest absolute Gasteiger partial charge is 0.230 e. The third-order valence-electron chi connectivity index (χ3n) is 5.11. The Morgan fingerprint density at radius 2 is 2.07 bits per heavy atom. The van der Waals surface area contributed by atoms with Gasteiger partial charge in [0.05, 0.1) is 19.4 Å². The van der Waals surface area contributed by atoms with E-state index in [1.165, 1.54) is 11.8 Å². The number of benzene rings is 1. The van der Waals surface area contributed by atoms with E-state index in [0.717, 1.165) is 42.9 Å². The summed E-state index contributed by atoms with van der Waals surface area (Å²) < 4.78 is 7.29. The summed E-state index contributed by atoms with van der Waals surface area (Å²) in [5.41, 5.74) is 0.930. The second kappa shape index (κ2) is 11.0. The van der Waals surface area contributed by atoms with Crippen molar-refractivity contribution in [3.63, 3.8) is 0 Å². The molecule has 0 spiro atoms. The molecular weight excluding hydrogens is 402 g/mol. The Kier molecular flexibility index (Phi) is 8.12. The van der Waals surface area contributed by atoms with Gasteiger partial charge < -0.3 is 19.5 Å². The summed E-state index contributed by atoms with van der Waals surface area (Å²) >= 11 is 1.36. The Morgan fingerprint density at radius 1 is 1.23 bits per heavy atom. The zero-order chi connectivity index (χ0) is 21.3. The number of hydrogen-bond donors (Lipinski definition) is 1. The molecule has 1 aromatic heterocycles. The van der Waals surface area contributed by atoms with E-state index >= 15 is 0 Å². The number of nitrogens with zero attached hydrogens (tertiary/aromatic N) is 4. The largest absolute Gasteiger partial charge is 0.496 e. The predicted octanol–water partition coefficient (Wildman–Crippen LogP) is 2.62. The minimum atomic E-state index is -0.0826. The van der Waals surface area contributed by atoms with Crippen LogP contribution in [0.5, 0.6) is 5.75 Å². The van der Waals surface area contributed by atoms with Gasteiger partial charge in [-0.05, 0) is 25.8 Å². The van der Waals surface area contributed by atoms with Crippen LogP contribution in [-0.4, -0.2) is 50.9 Å². The molecule has 1 aliphatic rings. The normalized spacial score (nSPS) is 14.5. The highest BCUT2D eigenvalue weighted by Gasteiger charge is 2.21. The van der Waals surface area contributed by atoms with Crippen molar-refractivity contribution < 1.29 is 14.3 Å². The molecule has 2 heterocycles. The first kappa shape index (κ1) is 22.1. The first-order valence-electron chi connectivity index (χ1n) is 10.3. The number of para-hydroxylation sites is 1. The van der Waals surface area contributed by atoms with Crippen LogP contribution in [0.4, 0.5) is 0 Å². The summed E-state index contributed by atoms with van der Waals surface area (Å²) in [4.78, 5) is 26.5. The third-order valence-corrected chi connectivity index (χ3v) is 6.08. The Labute approximate surface area is 181 Å². The molecule has 0 radical (unpaired) electrons. The number of hydrogen-bond acceptors (Lipinski definition) is 6. The molecule has 162 valence electrons. The monoisotopic (exact) mass is 431 g/mol. The molecule has 9 heteroatoms. The lowest BCUT2D eigenvalue weighted by Crippen LogP contribution is -2.31. The fraction of sp³-hybridized carbons (Fsp3) is 0.524. The van der Waals surface area contributed by atoms with Crippen molar-refractivity contribution in [3.05, 3.63) is 35.7 Å². The molecule has 1 fully saturated rings. The standard InChI is InChI=1S/C21H29N5O3S/c1-3-26-18(14-25-12-8-4-5-11-20(25)28)23-24-21(26)30-15-19(27)22-13-16-9-6-7-10-17(16)29-2/h6-7,9-10H,3-5,8,11-15H2,1-2H3,(H,22,27). The Bertz CT molecular complexity index is 870. The molecule has 3 rings (SSSR count). The summed E-state index contributed by atoms with van der Waals surface area (Å²) in [5.74, 6) is 1.87. The molecule has 2 aromatic rings. The number of rotatable bonds is 9. The van der Waals surface area contributed by atoms with Gasteiger partial charge in [-0.25, -0.2) is 0 Å². The highest BCUT2D eigenvalue weighted by atomic mass is 32.2. The van der Waals surface area contributed by atoms with Gasteiger partial charge in [-0.1, -0.05) is 36.4 Å². The molecule has 0 saturated carbocycles. The zero-order valence-electron chi connectivity index (χ0n) is 17.6. The quantitative estimate of drug-likeness (QED) is 0.614. The Hall–Kier alpha value is -2.55. The molecule has 2 amide bonds. The maximum atomic E-state index is 12.3. The van der Waals surface area contributed by atoms with Crippen molar-refractivity contribution >= 4 is 23.6 Å². The molecular formula is C21H29N5O3S. The van der Waals surface area contributed by atoms with Crippen molar-refractivity contribution in [2.45, 2.75) is 57.4 Å². The van der Waals surface area contributed by atoms with Crippen LogP contribution in [-0.2, 0) is 29.2 Å². The first-order chi connectivity index (χ1) is 14.6. The van der Waals surface area contributed by atoms with Gasteiger partial charge in [0.15, 0.2) is 11.0 Å². The van der Waals surface area contributed by atoms with Crippen LogP contribution in [0.2, 0.25) is 0 Å². The number of nitrogens with one attached hydrogen (secondary N) is 1. The van der Waals surface area contributed by atoms with Gasteiger partial charge in [0.1, 0.15) is 5.75 Å². The van der Waals surface area contributed by atoms with Gasteiger partial charge in [-0.2, -0.15) is 0 Å². The minimum absolute atomic E-state index is 0.0826. The number of methoxy groups -OCH3 is 1. The highest BCUT2D eigenvalue weighted by Crippen LogP contribution is 2.20. The SMILES string of the molecule is CCn1c(CN2CCCCCC2=O)nnc1SCC(=O)NCc1ccccc1OC. The fourth-order valence-electron chi connectivity index (χ4n) is 3.46. The molecule has 30 heavy (non-hydrogen) atoms. The number of thioether (sulfide) groups is 1. The van der Waals surface area contributed by atoms with Gasteiger partial charge >= 0.3 is 0 Å². The number of carbonyl (C=O) groups is 2. The number of aromatic nitrogens is 3. The number of ether oxygens (including phenoxy) is 1. The summed E-state index contributed by atoms with van der Waals surface area (Å²) in [5, 5.41) is 12.2. The fourth-order valence-corrected chi connectivity index (χ4v) is 4.31. The van der Waals surface area contributed by atoms with Crippen molar-refractivity contribution in [1.82, 2.24) is 25.0 Å². The lowest BCUT2D eigenvalue weighted by atomic mass is 10.2. The minimum Gasteiger partial charge on any atom is -0.496 e. The summed E-state index contributed by atoms with van der Waals surface area (Å²) in [7, 11) is 1.62. The molecule has 0 aliphatic carbocycles. The third kappa shape index (κ3) is 5.75. The second-order valence-electron chi connectivity index (χ2n) is 7.15. The summed E-state index contributed by atoms with van der Waals surface area (Å²) in [6, 6.07) is 7.61.